The van der Waals surface area contributed by atoms with Crippen LogP contribution in [0.3, 0.4) is 0 Å². The van der Waals surface area contributed by atoms with Crippen LogP contribution in [0.1, 0.15) is 65.2 Å². The summed E-state index contributed by atoms with van der Waals surface area (Å²) in [6.45, 7) is 3.99. The lowest BCUT2D eigenvalue weighted by molar-refractivity contribution is -0.120. The number of nitrogens with zero attached hydrogens (tertiary/aromatic N) is 4. The van der Waals surface area contributed by atoms with Gasteiger partial charge in [-0.2, -0.15) is 0 Å². The van der Waals surface area contributed by atoms with E-state index in [9.17, 15) is 19.6 Å². The Kier molecular flexibility index (Phi) is 19.0. The number of ether oxygens (including phenoxy) is 1. The van der Waals surface area contributed by atoms with Crippen LogP contribution in [0.25, 0.3) is 0 Å². The number of aliphatic hydroxyl groups is 2. The standard InChI is InChI=1S/C36H56N7O7P/c1-4-5-6-7-8-9-10-11-12-13-14-15-16-17-18-19-20-21-22-23-29(44)38-24-25-42-51(47,48-3)50-28(2)33-31(45)32(46)36(49-33)43-27-41-30-34(37)39-26-40-35(30)43/h5-6,8-9,11-12,14-15,17-18,20-21,26-28,30-33,35-36,45-46H,4,7,10,13,16,19,22-25H2,1-3H3,(H,38,44)(H,42,47)(H2,37,39,40)/b6-5-,9-8-,12-11-,15-14-,18-17-,21-20-/t28-,30?,31+,32-,33-,35?,36-,51?/m1/s1. The molecule has 0 aromatic heterocycles. The Morgan fingerprint density at radius 1 is 0.961 bits per heavy atom. The summed E-state index contributed by atoms with van der Waals surface area (Å²) in [7, 11) is -2.62. The Labute approximate surface area is 302 Å². The van der Waals surface area contributed by atoms with Crippen LogP contribution in [0.2, 0.25) is 0 Å². The Morgan fingerprint density at radius 2 is 1.55 bits per heavy atom. The number of allylic oxidation sites excluding steroid dienone is 12. The summed E-state index contributed by atoms with van der Waals surface area (Å²) in [5.41, 5.74) is 5.91. The van der Waals surface area contributed by atoms with E-state index >= 15 is 0 Å². The fourth-order valence-electron chi connectivity index (χ4n) is 5.39. The summed E-state index contributed by atoms with van der Waals surface area (Å²) < 4.78 is 30.0. The first-order valence-electron chi connectivity index (χ1n) is 17.6. The van der Waals surface area contributed by atoms with E-state index in [4.69, 9.17) is 19.5 Å². The highest BCUT2D eigenvalue weighted by Crippen LogP contribution is 2.45. The van der Waals surface area contributed by atoms with Gasteiger partial charge in [-0.3, -0.25) is 14.3 Å². The normalized spacial score (nSPS) is 26.8. The molecule has 0 radical (unpaired) electrons. The Balaban J connectivity index is 1.25. The Bertz CT molecular complexity index is 1390. The van der Waals surface area contributed by atoms with Gasteiger partial charge in [-0.05, 0) is 51.9 Å². The molecule has 14 nitrogen and oxygen atoms in total. The molecule has 0 saturated carbocycles. The van der Waals surface area contributed by atoms with Crippen LogP contribution in [-0.2, 0) is 23.1 Å². The maximum atomic E-state index is 13.2. The number of fused-ring (bicyclic) bond motifs is 1. The number of hydrogen-bond donors (Lipinski definition) is 5. The largest absolute Gasteiger partial charge is 0.405 e. The van der Waals surface area contributed by atoms with E-state index in [1.165, 1.54) is 19.8 Å². The van der Waals surface area contributed by atoms with Gasteiger partial charge in [0.25, 0.3) is 0 Å². The van der Waals surface area contributed by atoms with E-state index in [1.54, 1.807) is 11.8 Å². The third-order valence-electron chi connectivity index (χ3n) is 8.14. The van der Waals surface area contributed by atoms with Crippen molar-refractivity contribution in [3.8, 4) is 0 Å². The average Bonchev–Trinajstić information content (AvgIpc) is 3.68. The zero-order valence-electron chi connectivity index (χ0n) is 29.9. The van der Waals surface area contributed by atoms with E-state index < -0.39 is 50.6 Å². The summed E-state index contributed by atoms with van der Waals surface area (Å²) >= 11 is 0. The zero-order valence-corrected chi connectivity index (χ0v) is 30.8. The van der Waals surface area contributed by atoms with Crippen molar-refractivity contribution < 1.29 is 33.4 Å². The molecular formula is C36H56N7O7P. The molecule has 0 aromatic rings. The molecule has 0 spiro atoms. The maximum absolute atomic E-state index is 13.2. The lowest BCUT2D eigenvalue weighted by Gasteiger charge is -2.32. The fraction of sp³-hybridized carbons (Fsp3) is 0.556. The summed E-state index contributed by atoms with van der Waals surface area (Å²) in [6.07, 6.45) is 28.8. The number of nitrogens with two attached hydrogens (primary N) is 1. The Hall–Kier alpha value is -3.49. The molecule has 3 aliphatic rings. The van der Waals surface area contributed by atoms with Crippen LogP contribution in [0.5, 0.6) is 0 Å². The lowest BCUT2D eigenvalue weighted by atomic mass is 10.1. The van der Waals surface area contributed by atoms with E-state index in [0.717, 1.165) is 38.5 Å². The number of rotatable bonds is 23. The molecule has 0 bridgehead atoms. The first-order valence-corrected chi connectivity index (χ1v) is 19.2. The molecule has 1 saturated heterocycles. The number of hydrogen-bond acceptors (Lipinski definition) is 12. The molecule has 1 fully saturated rings. The molecule has 0 aliphatic carbocycles. The van der Waals surface area contributed by atoms with Crippen molar-refractivity contribution in [2.45, 2.75) is 108 Å². The molecule has 1 amide bonds. The third kappa shape index (κ3) is 14.2. The number of carbonyl (C=O) groups excluding carboxylic acids is 1. The van der Waals surface area contributed by atoms with Crippen LogP contribution in [0, 0.1) is 0 Å². The van der Waals surface area contributed by atoms with Crippen LogP contribution in [0.15, 0.2) is 87.9 Å². The SMILES string of the molecule is CC/C=C\C/C=C\C/C=C\C/C=C\C/C=C\C/C=C\CCC(=O)NCCNP(=O)(OC)O[C@H](C)[C@H]1O[C@@H](N2C=NC3C(N)=NC=NC32)[C@H](O)[C@@H]1O. The highest BCUT2D eigenvalue weighted by molar-refractivity contribution is 7.51. The molecule has 3 aliphatic heterocycles. The fourth-order valence-corrected chi connectivity index (χ4v) is 6.62. The quantitative estimate of drug-likeness (QED) is 0.0578. The molecule has 0 aromatic carbocycles. The van der Waals surface area contributed by atoms with E-state index in [1.807, 2.05) is 12.2 Å². The molecular weight excluding hydrogens is 673 g/mol. The predicted molar refractivity (Wildman–Crippen MR) is 202 cm³/mol. The summed E-state index contributed by atoms with van der Waals surface area (Å²) in [4.78, 5) is 26.3. The second-order valence-electron chi connectivity index (χ2n) is 12.1. The monoisotopic (exact) mass is 729 g/mol. The number of nitrogens with one attached hydrogen (secondary N) is 2. The van der Waals surface area contributed by atoms with Gasteiger partial charge in [-0.25, -0.2) is 19.6 Å². The summed E-state index contributed by atoms with van der Waals surface area (Å²) in [5.74, 6) is 0.145. The van der Waals surface area contributed by atoms with E-state index in [0.29, 0.717) is 12.8 Å². The number of amides is 1. The van der Waals surface area contributed by atoms with Crippen LogP contribution < -0.4 is 16.1 Å². The topological polar surface area (TPSA) is 193 Å². The molecule has 3 unspecified atom stereocenters. The Morgan fingerprint density at radius 3 is 2.14 bits per heavy atom. The van der Waals surface area contributed by atoms with Gasteiger partial charge < -0.3 is 35.4 Å². The zero-order chi connectivity index (χ0) is 36.9. The number of aliphatic imine (C=N–C) groups is 3. The average molecular weight is 730 g/mol. The lowest BCUT2D eigenvalue weighted by Crippen LogP contribution is -2.51. The van der Waals surface area contributed by atoms with Gasteiger partial charge in [0.2, 0.25) is 5.91 Å². The second-order valence-corrected chi connectivity index (χ2v) is 14.0. The van der Waals surface area contributed by atoms with E-state index in [-0.39, 0.29) is 24.8 Å². The minimum absolute atomic E-state index is 0.108. The molecule has 51 heavy (non-hydrogen) atoms. The van der Waals surface area contributed by atoms with Gasteiger partial charge in [-0.15, -0.1) is 0 Å². The second kappa shape index (κ2) is 23.1. The van der Waals surface area contributed by atoms with Crippen molar-refractivity contribution >= 4 is 32.2 Å². The van der Waals surface area contributed by atoms with Gasteiger partial charge in [0.15, 0.2) is 12.4 Å². The highest BCUT2D eigenvalue weighted by Gasteiger charge is 2.52. The van der Waals surface area contributed by atoms with E-state index in [2.05, 4.69) is 93.1 Å². The van der Waals surface area contributed by atoms with Gasteiger partial charge in [-0.1, -0.05) is 79.8 Å². The first kappa shape index (κ1) is 41.9. The summed E-state index contributed by atoms with van der Waals surface area (Å²) in [6, 6.07) is -0.522. The van der Waals surface area contributed by atoms with Crippen molar-refractivity contribution in [1.82, 2.24) is 15.3 Å². The van der Waals surface area contributed by atoms with Crippen molar-refractivity contribution in [3.63, 3.8) is 0 Å². The van der Waals surface area contributed by atoms with Crippen LogP contribution in [-0.4, -0.2) is 103 Å². The minimum Gasteiger partial charge on any atom is -0.387 e. The van der Waals surface area contributed by atoms with Gasteiger partial charge in [0.05, 0.1) is 12.4 Å². The van der Waals surface area contributed by atoms with Crippen molar-refractivity contribution in [1.29, 1.82) is 0 Å². The van der Waals surface area contributed by atoms with Gasteiger partial charge in [0, 0.05) is 26.6 Å². The first-order chi connectivity index (χ1) is 24.7. The number of aliphatic hydroxyl groups excluding tert-OH is 2. The van der Waals surface area contributed by atoms with Crippen molar-refractivity contribution in [3.05, 3.63) is 72.9 Å². The molecule has 3 rings (SSSR count). The summed E-state index contributed by atoms with van der Waals surface area (Å²) in [5, 5.41) is 27.0. The van der Waals surface area contributed by atoms with Gasteiger partial charge in [0.1, 0.15) is 36.5 Å². The van der Waals surface area contributed by atoms with Crippen LogP contribution >= 0.6 is 7.75 Å². The predicted octanol–water partition coefficient (Wildman–Crippen LogP) is 4.21. The maximum Gasteiger partial charge on any atom is 0.405 e. The minimum atomic E-state index is -3.85. The van der Waals surface area contributed by atoms with Crippen molar-refractivity contribution in [2.75, 3.05) is 20.2 Å². The molecule has 6 N–H and O–H groups in total. The third-order valence-corrected chi connectivity index (χ3v) is 9.84. The molecule has 3 heterocycles. The number of amidine groups is 1. The molecule has 8 atom stereocenters. The highest BCUT2D eigenvalue weighted by atomic mass is 31.2. The van der Waals surface area contributed by atoms with Crippen LogP contribution in [0.4, 0.5) is 0 Å². The van der Waals surface area contributed by atoms with Gasteiger partial charge >= 0.3 is 7.75 Å². The molecule has 282 valence electrons. The smallest absolute Gasteiger partial charge is 0.387 e. The number of carbonyl (C=O) groups is 1. The molecule has 15 heteroatoms. The van der Waals surface area contributed by atoms with Crippen molar-refractivity contribution in [2.24, 2.45) is 20.7 Å².